The third-order valence-electron chi connectivity index (χ3n) is 5.05. The second-order valence-electron chi connectivity index (χ2n) is 8.07. The van der Waals surface area contributed by atoms with E-state index in [1.807, 2.05) is 0 Å². The maximum atomic E-state index is 13.0. The Morgan fingerprint density at radius 1 is 1.25 bits per heavy atom. The number of benzene rings is 1. The summed E-state index contributed by atoms with van der Waals surface area (Å²) in [7, 11) is 0. The first-order chi connectivity index (χ1) is 11.2. The van der Waals surface area contributed by atoms with E-state index in [0.717, 1.165) is 12.0 Å². The van der Waals surface area contributed by atoms with Gasteiger partial charge in [0, 0.05) is 0 Å². The predicted molar refractivity (Wildman–Crippen MR) is 89.8 cm³/mol. The van der Waals surface area contributed by atoms with Gasteiger partial charge in [-0.05, 0) is 48.3 Å². The molecular formula is C19H23N3O2. The van der Waals surface area contributed by atoms with Crippen LogP contribution in [0.2, 0.25) is 0 Å². The molecule has 1 N–H and O–H groups in total. The molecule has 1 saturated heterocycles. The van der Waals surface area contributed by atoms with Crippen LogP contribution in [-0.2, 0) is 11.3 Å². The number of nitrogens with zero attached hydrogens (tertiary/aromatic N) is 2. The SMILES string of the molecule is C[C@H]1CC(C)(C)C[C@@]2(C1)NC(=O)N(Cc1ccc(C#N)cc1)C2=O. The number of carbonyl (C=O) groups is 2. The number of imide groups is 1. The molecule has 5 heteroatoms. The maximum Gasteiger partial charge on any atom is 0.325 e. The lowest BCUT2D eigenvalue weighted by Crippen LogP contribution is -2.54. The minimum absolute atomic E-state index is 0.0328. The quantitative estimate of drug-likeness (QED) is 0.849. The third kappa shape index (κ3) is 2.89. The molecule has 1 aliphatic heterocycles. The molecule has 1 aliphatic carbocycles. The van der Waals surface area contributed by atoms with Gasteiger partial charge in [-0.15, -0.1) is 0 Å². The van der Waals surface area contributed by atoms with Crippen LogP contribution < -0.4 is 5.32 Å². The highest BCUT2D eigenvalue weighted by Gasteiger charge is 2.55. The lowest BCUT2D eigenvalue weighted by molar-refractivity contribution is -0.135. The molecule has 1 spiro atoms. The normalized spacial score (nSPS) is 28.8. The van der Waals surface area contributed by atoms with E-state index < -0.39 is 5.54 Å². The number of urea groups is 1. The topological polar surface area (TPSA) is 73.2 Å². The molecule has 1 aromatic rings. The minimum Gasteiger partial charge on any atom is -0.323 e. The summed E-state index contributed by atoms with van der Waals surface area (Å²) in [5, 5.41) is 11.8. The van der Waals surface area contributed by atoms with Crippen molar-refractivity contribution in [2.24, 2.45) is 11.3 Å². The number of carbonyl (C=O) groups excluding carboxylic acids is 2. The van der Waals surface area contributed by atoms with Crippen LogP contribution >= 0.6 is 0 Å². The Morgan fingerprint density at radius 2 is 1.92 bits per heavy atom. The smallest absolute Gasteiger partial charge is 0.323 e. The average Bonchev–Trinajstić information content (AvgIpc) is 2.69. The largest absolute Gasteiger partial charge is 0.325 e. The van der Waals surface area contributed by atoms with Crippen LogP contribution in [0.5, 0.6) is 0 Å². The fourth-order valence-electron chi connectivity index (χ4n) is 4.52. The van der Waals surface area contributed by atoms with E-state index >= 15 is 0 Å². The van der Waals surface area contributed by atoms with Crippen LogP contribution in [0.1, 0.15) is 51.2 Å². The van der Waals surface area contributed by atoms with Gasteiger partial charge in [-0.25, -0.2) is 4.79 Å². The first kappa shape index (κ1) is 16.5. The molecule has 3 amide bonds. The van der Waals surface area contributed by atoms with Gasteiger partial charge < -0.3 is 5.32 Å². The van der Waals surface area contributed by atoms with Crippen molar-refractivity contribution in [1.29, 1.82) is 5.26 Å². The minimum atomic E-state index is -0.759. The Kier molecular flexibility index (Phi) is 3.87. The number of hydrogen-bond acceptors (Lipinski definition) is 3. The molecule has 3 rings (SSSR count). The van der Waals surface area contributed by atoms with Gasteiger partial charge in [-0.1, -0.05) is 32.9 Å². The van der Waals surface area contributed by atoms with Crippen molar-refractivity contribution in [3.05, 3.63) is 35.4 Å². The summed E-state index contributed by atoms with van der Waals surface area (Å²) in [6.07, 6.45) is 2.44. The van der Waals surface area contributed by atoms with Crippen LogP contribution in [0, 0.1) is 22.7 Å². The van der Waals surface area contributed by atoms with Gasteiger partial charge in [-0.2, -0.15) is 5.26 Å². The fourth-order valence-corrected chi connectivity index (χ4v) is 4.52. The van der Waals surface area contributed by atoms with E-state index in [4.69, 9.17) is 5.26 Å². The maximum absolute atomic E-state index is 13.0. The van der Waals surface area contributed by atoms with Crippen molar-refractivity contribution in [3.8, 4) is 6.07 Å². The second kappa shape index (κ2) is 5.62. The monoisotopic (exact) mass is 325 g/mol. The van der Waals surface area contributed by atoms with E-state index in [1.54, 1.807) is 24.3 Å². The highest BCUT2D eigenvalue weighted by atomic mass is 16.2. The first-order valence-corrected chi connectivity index (χ1v) is 8.38. The molecule has 2 atom stereocenters. The Morgan fingerprint density at radius 3 is 2.50 bits per heavy atom. The van der Waals surface area contributed by atoms with Crippen molar-refractivity contribution in [3.63, 3.8) is 0 Å². The lowest BCUT2D eigenvalue weighted by atomic mass is 9.64. The van der Waals surface area contributed by atoms with Crippen molar-refractivity contribution >= 4 is 11.9 Å². The standard InChI is InChI=1S/C19H23N3O2/c1-13-8-18(2,3)12-19(9-13)16(23)22(17(24)21-19)11-15-6-4-14(10-20)5-7-15/h4-7,13H,8-9,11-12H2,1-3H3,(H,21,24)/t13-,19+/m0/s1. The van der Waals surface area contributed by atoms with Crippen molar-refractivity contribution < 1.29 is 9.59 Å². The molecule has 5 nitrogen and oxygen atoms in total. The molecule has 0 unspecified atom stereocenters. The van der Waals surface area contributed by atoms with Crippen molar-refractivity contribution in [2.75, 3.05) is 0 Å². The van der Waals surface area contributed by atoms with Gasteiger partial charge in [-0.3, -0.25) is 9.69 Å². The molecule has 1 saturated carbocycles. The number of amides is 3. The summed E-state index contributed by atoms with van der Waals surface area (Å²) in [5.41, 5.74) is 0.684. The number of nitrogens with one attached hydrogen (secondary N) is 1. The summed E-state index contributed by atoms with van der Waals surface area (Å²) < 4.78 is 0. The molecule has 24 heavy (non-hydrogen) atoms. The molecule has 1 aromatic carbocycles. The molecule has 126 valence electrons. The fraction of sp³-hybridized carbons (Fsp3) is 0.526. The molecule has 2 fully saturated rings. The highest BCUT2D eigenvalue weighted by Crippen LogP contribution is 2.46. The van der Waals surface area contributed by atoms with Crippen LogP contribution in [0.4, 0.5) is 4.79 Å². The summed E-state index contributed by atoms with van der Waals surface area (Å²) in [6.45, 7) is 6.71. The van der Waals surface area contributed by atoms with E-state index in [-0.39, 0.29) is 23.9 Å². The zero-order chi connectivity index (χ0) is 17.5. The predicted octanol–water partition coefficient (Wildman–Crippen LogP) is 3.20. The van der Waals surface area contributed by atoms with Crippen LogP contribution in [0.3, 0.4) is 0 Å². The number of nitriles is 1. The highest BCUT2D eigenvalue weighted by molar-refractivity contribution is 6.07. The Balaban J connectivity index is 1.82. The number of rotatable bonds is 2. The van der Waals surface area contributed by atoms with E-state index in [1.165, 1.54) is 4.90 Å². The van der Waals surface area contributed by atoms with Gasteiger partial charge in [0.05, 0.1) is 18.2 Å². The molecule has 1 heterocycles. The zero-order valence-electron chi connectivity index (χ0n) is 14.4. The first-order valence-electron chi connectivity index (χ1n) is 8.38. The van der Waals surface area contributed by atoms with Crippen molar-refractivity contribution in [2.45, 2.75) is 52.1 Å². The van der Waals surface area contributed by atoms with E-state index in [0.29, 0.717) is 24.3 Å². The Labute approximate surface area is 142 Å². The summed E-state index contributed by atoms with van der Waals surface area (Å²) >= 11 is 0. The zero-order valence-corrected chi connectivity index (χ0v) is 14.4. The third-order valence-corrected chi connectivity index (χ3v) is 5.05. The lowest BCUT2D eigenvalue weighted by Gasteiger charge is -2.43. The van der Waals surface area contributed by atoms with Crippen LogP contribution in [-0.4, -0.2) is 22.4 Å². The summed E-state index contributed by atoms with van der Waals surface area (Å²) in [4.78, 5) is 26.8. The molecule has 0 aromatic heterocycles. The Bertz CT molecular complexity index is 717. The summed E-state index contributed by atoms with van der Waals surface area (Å²) in [5.74, 6) is 0.282. The van der Waals surface area contributed by atoms with Crippen LogP contribution in [0.15, 0.2) is 24.3 Å². The molecule has 2 aliphatic rings. The number of hydrogen-bond donors (Lipinski definition) is 1. The van der Waals surface area contributed by atoms with E-state index in [2.05, 4.69) is 32.2 Å². The van der Waals surface area contributed by atoms with Gasteiger partial charge in [0.25, 0.3) is 5.91 Å². The van der Waals surface area contributed by atoms with Crippen LogP contribution in [0.25, 0.3) is 0 Å². The van der Waals surface area contributed by atoms with Gasteiger partial charge >= 0.3 is 6.03 Å². The molecular weight excluding hydrogens is 302 g/mol. The Hall–Kier alpha value is -2.35. The van der Waals surface area contributed by atoms with E-state index in [9.17, 15) is 9.59 Å². The van der Waals surface area contributed by atoms with Crippen molar-refractivity contribution in [1.82, 2.24) is 10.2 Å². The molecule has 0 radical (unpaired) electrons. The van der Waals surface area contributed by atoms with Gasteiger partial charge in [0.1, 0.15) is 5.54 Å². The van der Waals surface area contributed by atoms with Gasteiger partial charge in [0.15, 0.2) is 0 Å². The summed E-state index contributed by atoms with van der Waals surface area (Å²) in [6, 6.07) is 8.74. The average molecular weight is 325 g/mol. The second-order valence-corrected chi connectivity index (χ2v) is 8.07. The van der Waals surface area contributed by atoms with Gasteiger partial charge in [0.2, 0.25) is 0 Å². The molecule has 0 bridgehead atoms.